The number of aromatic nitrogens is 3. The van der Waals surface area contributed by atoms with Crippen LogP contribution in [-0.2, 0) is 6.54 Å². The van der Waals surface area contributed by atoms with Crippen LogP contribution in [0.3, 0.4) is 0 Å². The molecule has 20 heavy (non-hydrogen) atoms. The molecular formula is C12H14N6OS. The molecule has 3 aromatic heterocycles. The van der Waals surface area contributed by atoms with Crippen molar-refractivity contribution in [1.82, 2.24) is 15.0 Å². The smallest absolute Gasteiger partial charge is 0.240 e. The van der Waals surface area contributed by atoms with Gasteiger partial charge in [-0.05, 0) is 25.3 Å². The Morgan fingerprint density at radius 2 is 2.15 bits per heavy atom. The Balaban J connectivity index is 1.88. The molecule has 0 aromatic carbocycles. The number of nitrogens with one attached hydrogen (secondary N) is 2. The summed E-state index contributed by atoms with van der Waals surface area (Å²) in [5.41, 5.74) is 3.36. The monoisotopic (exact) mass is 290 g/mol. The number of thiophene rings is 1. The van der Waals surface area contributed by atoms with Crippen molar-refractivity contribution < 1.29 is 4.42 Å². The predicted octanol–water partition coefficient (Wildman–Crippen LogP) is 2.19. The van der Waals surface area contributed by atoms with Crippen LogP contribution in [-0.4, -0.2) is 15.0 Å². The Morgan fingerprint density at radius 1 is 1.30 bits per heavy atom. The summed E-state index contributed by atoms with van der Waals surface area (Å²) in [6.45, 7) is 4.27. The van der Waals surface area contributed by atoms with Gasteiger partial charge in [-0.15, -0.1) is 11.3 Å². The van der Waals surface area contributed by atoms with Gasteiger partial charge in [0.2, 0.25) is 11.8 Å². The Hall–Kier alpha value is -2.19. The lowest BCUT2D eigenvalue weighted by molar-refractivity contribution is 0.478. The van der Waals surface area contributed by atoms with Gasteiger partial charge in [0.05, 0.1) is 17.6 Å². The van der Waals surface area contributed by atoms with Crippen molar-refractivity contribution >= 4 is 33.3 Å². The van der Waals surface area contributed by atoms with E-state index in [4.69, 9.17) is 10.3 Å². The first-order valence-corrected chi connectivity index (χ1v) is 6.94. The molecule has 104 valence electrons. The lowest BCUT2D eigenvalue weighted by Gasteiger charge is -2.06. The molecule has 0 radical (unpaired) electrons. The van der Waals surface area contributed by atoms with Crippen molar-refractivity contribution in [1.29, 1.82) is 0 Å². The normalized spacial score (nSPS) is 10.9. The summed E-state index contributed by atoms with van der Waals surface area (Å²) in [5.74, 6) is 7.92. The first-order chi connectivity index (χ1) is 9.67. The third-order valence-electron chi connectivity index (χ3n) is 2.93. The highest BCUT2D eigenvalue weighted by Gasteiger charge is 2.10. The van der Waals surface area contributed by atoms with E-state index in [1.54, 1.807) is 0 Å². The number of hydrogen-bond donors (Lipinski definition) is 3. The SMILES string of the molecule is Cc1nc(CNc2nc(NN)nc3sccc23)oc1C. The fraction of sp³-hybridized carbons (Fsp3) is 0.250. The lowest BCUT2D eigenvalue weighted by atomic mass is 10.4. The van der Waals surface area contributed by atoms with E-state index in [-0.39, 0.29) is 0 Å². The Morgan fingerprint density at radius 3 is 2.85 bits per heavy atom. The van der Waals surface area contributed by atoms with E-state index in [1.165, 1.54) is 11.3 Å². The second-order valence-corrected chi connectivity index (χ2v) is 5.18. The number of nitrogen functional groups attached to an aromatic ring is 1. The Kier molecular flexibility index (Phi) is 3.25. The topological polar surface area (TPSA) is 102 Å². The minimum Gasteiger partial charge on any atom is -0.444 e. The number of nitrogens with two attached hydrogens (primary N) is 1. The van der Waals surface area contributed by atoms with Crippen LogP contribution in [0.5, 0.6) is 0 Å². The molecule has 0 unspecified atom stereocenters. The van der Waals surface area contributed by atoms with Crippen molar-refractivity contribution in [3.63, 3.8) is 0 Å². The minimum atomic E-state index is 0.377. The third kappa shape index (κ3) is 2.30. The van der Waals surface area contributed by atoms with Gasteiger partial charge in [0.1, 0.15) is 16.4 Å². The van der Waals surface area contributed by atoms with Gasteiger partial charge in [0, 0.05) is 0 Å². The first kappa shape index (κ1) is 12.8. The summed E-state index contributed by atoms with van der Waals surface area (Å²) in [6, 6.07) is 1.97. The van der Waals surface area contributed by atoms with Crippen LogP contribution in [0.1, 0.15) is 17.3 Å². The summed E-state index contributed by atoms with van der Waals surface area (Å²) in [5, 5.41) is 6.12. The molecule has 0 aliphatic heterocycles. The zero-order chi connectivity index (χ0) is 14.1. The Bertz CT molecular complexity index is 730. The molecule has 0 atom stereocenters. The number of oxazole rings is 1. The second-order valence-electron chi connectivity index (χ2n) is 4.28. The van der Waals surface area contributed by atoms with Crippen molar-refractivity contribution in [2.75, 3.05) is 10.7 Å². The van der Waals surface area contributed by atoms with Crippen LogP contribution in [0, 0.1) is 13.8 Å². The summed E-state index contributed by atoms with van der Waals surface area (Å²) in [4.78, 5) is 13.8. The average Bonchev–Trinajstić information content (AvgIpc) is 3.03. The largest absolute Gasteiger partial charge is 0.444 e. The molecule has 0 fully saturated rings. The number of rotatable bonds is 4. The van der Waals surface area contributed by atoms with Crippen LogP contribution in [0.2, 0.25) is 0 Å². The average molecular weight is 290 g/mol. The summed E-state index contributed by atoms with van der Waals surface area (Å²) in [7, 11) is 0. The standard InChI is InChI=1S/C12H14N6OS/c1-6-7(2)19-9(15-6)5-14-10-8-3-4-20-11(8)17-12(16-10)18-13/h3-4H,5,13H2,1-2H3,(H2,14,16,17,18). The molecule has 0 amide bonds. The van der Waals surface area contributed by atoms with E-state index in [9.17, 15) is 0 Å². The molecule has 3 rings (SSSR count). The van der Waals surface area contributed by atoms with Crippen molar-refractivity contribution in [3.8, 4) is 0 Å². The third-order valence-corrected chi connectivity index (χ3v) is 3.74. The van der Waals surface area contributed by atoms with E-state index < -0.39 is 0 Å². The zero-order valence-corrected chi connectivity index (χ0v) is 11.9. The van der Waals surface area contributed by atoms with Crippen LogP contribution >= 0.6 is 11.3 Å². The number of anilines is 2. The molecule has 4 N–H and O–H groups in total. The van der Waals surface area contributed by atoms with Crippen LogP contribution in [0.4, 0.5) is 11.8 Å². The fourth-order valence-corrected chi connectivity index (χ4v) is 2.59. The number of aryl methyl sites for hydroxylation is 2. The van der Waals surface area contributed by atoms with Gasteiger partial charge in [-0.25, -0.2) is 15.8 Å². The highest BCUT2D eigenvalue weighted by Crippen LogP contribution is 2.26. The molecule has 8 heteroatoms. The summed E-state index contributed by atoms with van der Waals surface area (Å²) < 4.78 is 5.53. The number of hydrazine groups is 1. The quantitative estimate of drug-likeness (QED) is 0.500. The van der Waals surface area contributed by atoms with Gasteiger partial charge in [-0.2, -0.15) is 4.98 Å². The molecule has 7 nitrogen and oxygen atoms in total. The molecule has 0 aliphatic carbocycles. The molecule has 3 aromatic rings. The van der Waals surface area contributed by atoms with Gasteiger partial charge in [-0.1, -0.05) is 0 Å². The highest BCUT2D eigenvalue weighted by molar-refractivity contribution is 7.16. The summed E-state index contributed by atoms with van der Waals surface area (Å²) >= 11 is 1.53. The highest BCUT2D eigenvalue weighted by atomic mass is 32.1. The van der Waals surface area contributed by atoms with E-state index in [1.807, 2.05) is 25.3 Å². The molecule has 0 saturated carbocycles. The molecular weight excluding hydrogens is 276 g/mol. The number of fused-ring (bicyclic) bond motifs is 1. The Labute approximate surface area is 119 Å². The van der Waals surface area contributed by atoms with Gasteiger partial charge < -0.3 is 9.73 Å². The second kappa shape index (κ2) is 5.06. The fourth-order valence-electron chi connectivity index (χ4n) is 1.83. The summed E-state index contributed by atoms with van der Waals surface area (Å²) in [6.07, 6.45) is 0. The minimum absolute atomic E-state index is 0.377. The zero-order valence-electron chi connectivity index (χ0n) is 11.1. The van der Waals surface area contributed by atoms with Crippen LogP contribution in [0.15, 0.2) is 15.9 Å². The van der Waals surface area contributed by atoms with Gasteiger partial charge in [0.25, 0.3) is 0 Å². The first-order valence-electron chi connectivity index (χ1n) is 6.06. The maximum atomic E-state index is 5.53. The van der Waals surface area contributed by atoms with E-state index in [0.29, 0.717) is 24.2 Å². The predicted molar refractivity (Wildman–Crippen MR) is 78.5 cm³/mol. The van der Waals surface area contributed by atoms with E-state index >= 15 is 0 Å². The van der Waals surface area contributed by atoms with Crippen molar-refractivity contribution in [2.24, 2.45) is 5.84 Å². The van der Waals surface area contributed by atoms with Crippen molar-refractivity contribution in [3.05, 3.63) is 28.8 Å². The molecule has 3 heterocycles. The van der Waals surface area contributed by atoms with Gasteiger partial charge in [-0.3, -0.25) is 5.43 Å². The maximum absolute atomic E-state index is 5.53. The van der Waals surface area contributed by atoms with Crippen LogP contribution in [0.25, 0.3) is 10.2 Å². The van der Waals surface area contributed by atoms with E-state index in [2.05, 4.69) is 25.7 Å². The van der Waals surface area contributed by atoms with Crippen LogP contribution < -0.4 is 16.6 Å². The number of nitrogens with zero attached hydrogens (tertiary/aromatic N) is 3. The van der Waals surface area contributed by atoms with Crippen molar-refractivity contribution in [2.45, 2.75) is 20.4 Å². The molecule has 0 aliphatic rings. The van der Waals surface area contributed by atoms with Gasteiger partial charge >= 0.3 is 0 Å². The lowest BCUT2D eigenvalue weighted by Crippen LogP contribution is -2.12. The molecule has 0 bridgehead atoms. The molecule has 0 spiro atoms. The van der Waals surface area contributed by atoms with Gasteiger partial charge in [0.15, 0.2) is 0 Å². The number of hydrogen-bond acceptors (Lipinski definition) is 8. The maximum Gasteiger partial charge on any atom is 0.240 e. The van der Waals surface area contributed by atoms with E-state index in [0.717, 1.165) is 21.7 Å². The molecule has 0 saturated heterocycles.